The number of hydrogen-bond acceptors (Lipinski definition) is 5. The third-order valence-corrected chi connectivity index (χ3v) is 6.23. The number of thioether (sulfide) groups is 1. The number of aryl methyl sites for hydroxylation is 1. The number of nitrogens with one attached hydrogen (secondary N) is 3. The van der Waals surface area contributed by atoms with Gasteiger partial charge in [-0.3, -0.25) is 25.2 Å². The predicted molar refractivity (Wildman–Crippen MR) is 113 cm³/mol. The number of carbonyl (C=O) groups is 3. The van der Waals surface area contributed by atoms with Crippen LogP contribution < -0.4 is 21.1 Å². The minimum atomic E-state index is -0.532. The van der Waals surface area contributed by atoms with Gasteiger partial charge < -0.3 is 10.2 Å². The van der Waals surface area contributed by atoms with Crippen LogP contribution in [0.25, 0.3) is 0 Å². The minimum Gasteiger partial charge on any atom is -0.362 e. The monoisotopic (exact) mass is 410 g/mol. The number of fused-ring (bicyclic) bond motifs is 2. The molecule has 0 saturated carbocycles. The highest BCUT2D eigenvalue weighted by atomic mass is 32.2. The molecule has 150 valence electrons. The zero-order valence-corrected chi connectivity index (χ0v) is 16.6. The molecule has 0 radical (unpaired) electrons. The van der Waals surface area contributed by atoms with Gasteiger partial charge in [0.2, 0.25) is 11.8 Å². The molecule has 3 amide bonds. The van der Waals surface area contributed by atoms with Crippen molar-refractivity contribution in [3.63, 3.8) is 0 Å². The number of carbonyl (C=O) groups excluding carboxylic acids is 3. The van der Waals surface area contributed by atoms with Gasteiger partial charge in [0.25, 0.3) is 5.91 Å². The molecule has 0 saturated heterocycles. The number of hydrazine groups is 1. The van der Waals surface area contributed by atoms with Crippen molar-refractivity contribution in [3.05, 3.63) is 54.1 Å². The molecule has 3 N–H and O–H groups in total. The first-order chi connectivity index (χ1) is 14.1. The molecule has 1 atom stereocenters. The molecule has 0 bridgehead atoms. The van der Waals surface area contributed by atoms with Gasteiger partial charge in [-0.2, -0.15) is 0 Å². The third-order valence-electron chi connectivity index (χ3n) is 4.96. The summed E-state index contributed by atoms with van der Waals surface area (Å²) in [6.07, 6.45) is 1.99. The Hall–Kier alpha value is -3.00. The van der Waals surface area contributed by atoms with Gasteiger partial charge in [0.1, 0.15) is 0 Å². The molecule has 29 heavy (non-hydrogen) atoms. The molecular formula is C21H22N4O3S. The molecule has 4 rings (SSSR count). The van der Waals surface area contributed by atoms with Gasteiger partial charge >= 0.3 is 0 Å². The first-order valence-electron chi connectivity index (χ1n) is 9.57. The highest BCUT2D eigenvalue weighted by Gasteiger charge is 2.29. The van der Waals surface area contributed by atoms with Crippen LogP contribution >= 0.6 is 11.8 Å². The summed E-state index contributed by atoms with van der Waals surface area (Å²) < 4.78 is 0. The molecule has 2 aromatic carbocycles. The summed E-state index contributed by atoms with van der Waals surface area (Å²) in [4.78, 5) is 39.7. The Morgan fingerprint density at radius 1 is 1.07 bits per heavy atom. The molecular weight excluding hydrogens is 388 g/mol. The molecule has 2 aliphatic heterocycles. The lowest BCUT2D eigenvalue weighted by atomic mass is 10.0. The van der Waals surface area contributed by atoms with Gasteiger partial charge in [-0.05, 0) is 36.6 Å². The summed E-state index contributed by atoms with van der Waals surface area (Å²) in [5.74, 6) is -0.898. The van der Waals surface area contributed by atoms with Crippen molar-refractivity contribution < 1.29 is 14.4 Å². The molecule has 1 unspecified atom stereocenters. The lowest BCUT2D eigenvalue weighted by Crippen LogP contribution is -2.48. The van der Waals surface area contributed by atoms with Crippen LogP contribution in [0.5, 0.6) is 0 Å². The Morgan fingerprint density at radius 2 is 1.83 bits per heavy atom. The number of nitrogens with zero attached hydrogens (tertiary/aromatic N) is 1. The Labute approximate surface area is 173 Å². The standard InChI is InChI=1S/C21H22N4O3S/c26-19(12-18-21(28)22-15-8-2-4-10-17(15)29-18)23-24-20(27)13-25-11-5-7-14-6-1-3-9-16(14)25/h1-4,6,8-10,18H,5,7,11-13H2,(H,22,28)(H,23,26)(H,24,27). The van der Waals surface area contributed by atoms with Crippen LogP contribution in [0.15, 0.2) is 53.4 Å². The minimum absolute atomic E-state index is 0.0162. The van der Waals surface area contributed by atoms with E-state index in [9.17, 15) is 14.4 Å². The smallest absolute Gasteiger partial charge is 0.257 e. The summed E-state index contributed by atoms with van der Waals surface area (Å²) >= 11 is 1.35. The summed E-state index contributed by atoms with van der Waals surface area (Å²) in [5.41, 5.74) is 7.95. The lowest BCUT2D eigenvalue weighted by Gasteiger charge is -2.30. The van der Waals surface area contributed by atoms with Crippen LogP contribution in [0.2, 0.25) is 0 Å². The van der Waals surface area contributed by atoms with Crippen LogP contribution in [-0.2, 0) is 20.8 Å². The van der Waals surface area contributed by atoms with Gasteiger partial charge in [-0.25, -0.2) is 0 Å². The van der Waals surface area contributed by atoms with Crippen molar-refractivity contribution >= 4 is 40.9 Å². The fourth-order valence-electron chi connectivity index (χ4n) is 3.57. The van der Waals surface area contributed by atoms with Crippen LogP contribution in [-0.4, -0.2) is 36.1 Å². The number of rotatable bonds is 4. The van der Waals surface area contributed by atoms with E-state index in [4.69, 9.17) is 0 Å². The van der Waals surface area contributed by atoms with Gasteiger partial charge in [0, 0.05) is 23.5 Å². The lowest BCUT2D eigenvalue weighted by molar-refractivity contribution is -0.129. The summed E-state index contributed by atoms with van der Waals surface area (Å²) in [7, 11) is 0. The average Bonchev–Trinajstić information content (AvgIpc) is 2.73. The molecule has 2 aromatic rings. The number of amides is 3. The number of hydrogen-bond donors (Lipinski definition) is 3. The Morgan fingerprint density at radius 3 is 2.72 bits per heavy atom. The van der Waals surface area contributed by atoms with Gasteiger partial charge in [-0.15, -0.1) is 11.8 Å². The second-order valence-corrected chi connectivity index (χ2v) is 8.29. The SMILES string of the molecule is O=C(CC1Sc2ccccc2NC1=O)NNC(=O)CN1CCCc2ccccc21. The van der Waals surface area contributed by atoms with E-state index < -0.39 is 11.2 Å². The van der Waals surface area contributed by atoms with Crippen molar-refractivity contribution in [2.45, 2.75) is 29.4 Å². The maximum absolute atomic E-state index is 12.3. The largest absolute Gasteiger partial charge is 0.362 e. The molecule has 0 spiro atoms. The van der Waals surface area contributed by atoms with E-state index >= 15 is 0 Å². The first-order valence-corrected chi connectivity index (χ1v) is 10.5. The summed E-state index contributed by atoms with van der Waals surface area (Å²) in [6, 6.07) is 15.5. The zero-order chi connectivity index (χ0) is 20.2. The quantitative estimate of drug-likeness (QED) is 0.672. The molecule has 7 nitrogen and oxygen atoms in total. The van der Waals surface area contributed by atoms with E-state index in [1.807, 2.05) is 47.4 Å². The van der Waals surface area contributed by atoms with E-state index in [0.29, 0.717) is 0 Å². The molecule has 2 aliphatic rings. The third kappa shape index (κ3) is 4.54. The van der Waals surface area contributed by atoms with E-state index in [0.717, 1.165) is 35.7 Å². The molecule has 8 heteroatoms. The highest BCUT2D eigenvalue weighted by Crippen LogP contribution is 2.36. The molecule has 0 aromatic heterocycles. The van der Waals surface area contributed by atoms with Gasteiger partial charge in [0.05, 0.1) is 17.5 Å². The number of para-hydroxylation sites is 2. The fourth-order valence-corrected chi connectivity index (χ4v) is 4.68. The second kappa shape index (κ2) is 8.57. The number of benzene rings is 2. The van der Waals surface area contributed by atoms with Crippen molar-refractivity contribution in [2.24, 2.45) is 0 Å². The Balaban J connectivity index is 1.27. The summed E-state index contributed by atoms with van der Waals surface area (Å²) in [6.45, 7) is 0.972. The van der Waals surface area contributed by atoms with Gasteiger partial charge in [-0.1, -0.05) is 30.3 Å². The maximum atomic E-state index is 12.3. The highest BCUT2D eigenvalue weighted by molar-refractivity contribution is 8.01. The predicted octanol–water partition coefficient (Wildman–Crippen LogP) is 2.09. The van der Waals surface area contributed by atoms with Crippen LogP contribution in [0, 0.1) is 0 Å². The van der Waals surface area contributed by atoms with E-state index in [1.54, 1.807) is 0 Å². The van der Waals surface area contributed by atoms with E-state index in [1.165, 1.54) is 17.3 Å². The fraction of sp³-hybridized carbons (Fsp3) is 0.286. The van der Waals surface area contributed by atoms with Crippen LogP contribution in [0.4, 0.5) is 11.4 Å². The van der Waals surface area contributed by atoms with Crippen molar-refractivity contribution in [3.8, 4) is 0 Å². The Kier molecular flexibility index (Phi) is 5.71. The van der Waals surface area contributed by atoms with Crippen molar-refractivity contribution in [1.29, 1.82) is 0 Å². The normalized spacial score (nSPS) is 17.6. The molecule has 2 heterocycles. The van der Waals surface area contributed by atoms with E-state index in [-0.39, 0.29) is 24.8 Å². The zero-order valence-electron chi connectivity index (χ0n) is 15.8. The van der Waals surface area contributed by atoms with Gasteiger partial charge in [0.15, 0.2) is 0 Å². The van der Waals surface area contributed by atoms with E-state index in [2.05, 4.69) is 22.2 Å². The molecule has 0 aliphatic carbocycles. The average molecular weight is 410 g/mol. The first kappa shape index (κ1) is 19.3. The molecule has 0 fully saturated rings. The topological polar surface area (TPSA) is 90.5 Å². The number of anilines is 2. The van der Waals surface area contributed by atoms with Crippen LogP contribution in [0.1, 0.15) is 18.4 Å². The van der Waals surface area contributed by atoms with Crippen LogP contribution in [0.3, 0.4) is 0 Å². The van der Waals surface area contributed by atoms with Crippen molar-refractivity contribution in [2.75, 3.05) is 23.3 Å². The second-order valence-electron chi connectivity index (χ2n) is 7.05. The van der Waals surface area contributed by atoms with Crippen molar-refractivity contribution in [1.82, 2.24) is 10.9 Å². The maximum Gasteiger partial charge on any atom is 0.257 e. The Bertz CT molecular complexity index is 949. The summed E-state index contributed by atoms with van der Waals surface area (Å²) in [5, 5.41) is 2.28.